The summed E-state index contributed by atoms with van der Waals surface area (Å²) in [5.41, 5.74) is -1.03. The highest BCUT2D eigenvalue weighted by Gasteiger charge is 2.33. The molecule has 0 atom stereocenters. The Morgan fingerprint density at radius 2 is 2.07 bits per heavy atom. The van der Waals surface area contributed by atoms with E-state index >= 15 is 0 Å². The van der Waals surface area contributed by atoms with Crippen molar-refractivity contribution < 1.29 is 18.3 Å². The highest BCUT2D eigenvalue weighted by Crippen LogP contribution is 2.29. The summed E-state index contributed by atoms with van der Waals surface area (Å²) >= 11 is 5.39. The summed E-state index contributed by atoms with van der Waals surface area (Å²) in [5, 5.41) is 8.10. The van der Waals surface area contributed by atoms with E-state index in [1.165, 1.54) is 6.07 Å². The molecule has 0 aliphatic carbocycles. The van der Waals surface area contributed by atoms with Gasteiger partial charge in [-0.25, -0.2) is 4.98 Å². The van der Waals surface area contributed by atoms with Crippen molar-refractivity contribution in [3.63, 3.8) is 0 Å². The molecule has 0 radical (unpaired) electrons. The standard InChI is InChI=1S/C9H5ClF3NO/c10-8-5-6(2-1-3-15)4-7(14-8)9(11,12)13/h4-5,15H,3H2. The van der Waals surface area contributed by atoms with Crippen LogP contribution in [0.4, 0.5) is 13.2 Å². The minimum Gasteiger partial charge on any atom is -0.384 e. The Morgan fingerprint density at radius 1 is 1.40 bits per heavy atom. The molecule has 80 valence electrons. The van der Waals surface area contributed by atoms with Gasteiger partial charge in [-0.15, -0.1) is 0 Å². The second kappa shape index (κ2) is 4.51. The molecular formula is C9H5ClF3NO. The third-order valence-corrected chi connectivity index (χ3v) is 1.59. The molecule has 0 aliphatic heterocycles. The maximum atomic E-state index is 12.3. The number of hydrogen-bond acceptors (Lipinski definition) is 2. The second-order valence-electron chi connectivity index (χ2n) is 2.52. The topological polar surface area (TPSA) is 33.1 Å². The molecule has 15 heavy (non-hydrogen) atoms. The van der Waals surface area contributed by atoms with Gasteiger partial charge < -0.3 is 5.11 Å². The SMILES string of the molecule is OCC#Cc1cc(Cl)nc(C(F)(F)F)c1. The maximum Gasteiger partial charge on any atom is 0.433 e. The van der Waals surface area contributed by atoms with Crippen molar-refractivity contribution in [3.05, 3.63) is 28.5 Å². The lowest BCUT2D eigenvalue weighted by Crippen LogP contribution is -2.08. The van der Waals surface area contributed by atoms with E-state index in [0.717, 1.165) is 6.07 Å². The number of aliphatic hydroxyl groups is 1. The second-order valence-corrected chi connectivity index (χ2v) is 2.91. The van der Waals surface area contributed by atoms with Crippen LogP contribution in [0.5, 0.6) is 0 Å². The zero-order valence-electron chi connectivity index (χ0n) is 7.27. The van der Waals surface area contributed by atoms with E-state index in [0.29, 0.717) is 0 Å². The predicted octanol–water partition coefficient (Wildman–Crippen LogP) is 2.10. The Kier molecular flexibility index (Phi) is 3.56. The van der Waals surface area contributed by atoms with Crippen LogP contribution >= 0.6 is 11.6 Å². The van der Waals surface area contributed by atoms with E-state index in [9.17, 15) is 13.2 Å². The Labute approximate surface area is 88.7 Å². The van der Waals surface area contributed by atoms with Gasteiger partial charge in [-0.05, 0) is 12.1 Å². The summed E-state index contributed by atoms with van der Waals surface area (Å²) < 4.78 is 36.8. The van der Waals surface area contributed by atoms with Crippen LogP contribution in [0.15, 0.2) is 12.1 Å². The highest BCUT2D eigenvalue weighted by atomic mass is 35.5. The summed E-state index contributed by atoms with van der Waals surface area (Å²) in [7, 11) is 0. The van der Waals surface area contributed by atoms with Gasteiger partial charge in [0, 0.05) is 5.56 Å². The van der Waals surface area contributed by atoms with Gasteiger partial charge in [-0.3, -0.25) is 0 Å². The lowest BCUT2D eigenvalue weighted by molar-refractivity contribution is -0.141. The molecule has 0 amide bonds. The molecule has 6 heteroatoms. The third kappa shape index (κ3) is 3.42. The van der Waals surface area contributed by atoms with E-state index in [-0.39, 0.29) is 10.7 Å². The van der Waals surface area contributed by atoms with Gasteiger partial charge in [0.2, 0.25) is 0 Å². The number of pyridine rings is 1. The minimum absolute atomic E-state index is 0.0661. The average molecular weight is 236 g/mol. The minimum atomic E-state index is -4.56. The first kappa shape index (κ1) is 11.8. The van der Waals surface area contributed by atoms with Gasteiger partial charge in [0.1, 0.15) is 17.5 Å². The van der Waals surface area contributed by atoms with Crippen molar-refractivity contribution in [1.29, 1.82) is 0 Å². The first-order chi connectivity index (χ1) is 6.93. The normalized spacial score (nSPS) is 10.7. The molecule has 1 aromatic heterocycles. The van der Waals surface area contributed by atoms with Crippen molar-refractivity contribution >= 4 is 11.6 Å². The van der Waals surface area contributed by atoms with E-state index < -0.39 is 18.5 Å². The van der Waals surface area contributed by atoms with Crippen LogP contribution in [0.3, 0.4) is 0 Å². The number of nitrogens with zero attached hydrogens (tertiary/aromatic N) is 1. The highest BCUT2D eigenvalue weighted by molar-refractivity contribution is 6.29. The van der Waals surface area contributed by atoms with Crippen LogP contribution in [0, 0.1) is 11.8 Å². The molecule has 0 fully saturated rings. The van der Waals surface area contributed by atoms with Crippen molar-refractivity contribution in [3.8, 4) is 11.8 Å². The molecule has 1 heterocycles. The molecule has 0 saturated heterocycles. The van der Waals surface area contributed by atoms with Gasteiger partial charge in [0.15, 0.2) is 0 Å². The van der Waals surface area contributed by atoms with Crippen LogP contribution in [0.2, 0.25) is 5.15 Å². The molecule has 1 aromatic rings. The molecule has 0 unspecified atom stereocenters. The van der Waals surface area contributed by atoms with E-state index in [1.54, 1.807) is 0 Å². The van der Waals surface area contributed by atoms with Gasteiger partial charge in [-0.1, -0.05) is 23.4 Å². The molecule has 1 N–H and O–H groups in total. The Balaban J connectivity index is 3.17. The zero-order chi connectivity index (χ0) is 11.5. The van der Waals surface area contributed by atoms with Gasteiger partial charge in [0.25, 0.3) is 0 Å². The zero-order valence-corrected chi connectivity index (χ0v) is 8.02. The van der Waals surface area contributed by atoms with Crippen molar-refractivity contribution in [2.45, 2.75) is 6.18 Å². The van der Waals surface area contributed by atoms with E-state index in [4.69, 9.17) is 16.7 Å². The first-order valence-corrected chi connectivity index (χ1v) is 4.16. The van der Waals surface area contributed by atoms with Crippen LogP contribution in [-0.4, -0.2) is 16.7 Å². The maximum absolute atomic E-state index is 12.3. The van der Waals surface area contributed by atoms with Crippen molar-refractivity contribution in [2.24, 2.45) is 0 Å². The fourth-order valence-electron chi connectivity index (χ4n) is 0.856. The van der Waals surface area contributed by atoms with Gasteiger partial charge in [-0.2, -0.15) is 13.2 Å². The number of aliphatic hydroxyl groups excluding tert-OH is 1. The van der Waals surface area contributed by atoms with Crippen LogP contribution in [0.1, 0.15) is 11.3 Å². The van der Waals surface area contributed by atoms with E-state index in [2.05, 4.69) is 16.8 Å². The average Bonchev–Trinajstić information content (AvgIpc) is 2.12. The van der Waals surface area contributed by atoms with Crippen LogP contribution in [-0.2, 0) is 6.18 Å². The molecule has 0 aliphatic rings. The summed E-state index contributed by atoms with van der Waals surface area (Å²) in [4.78, 5) is 3.12. The Hall–Kier alpha value is -1.25. The fourth-order valence-corrected chi connectivity index (χ4v) is 1.06. The third-order valence-electron chi connectivity index (χ3n) is 1.40. The summed E-state index contributed by atoms with van der Waals surface area (Å²) in [6.07, 6.45) is -4.56. The van der Waals surface area contributed by atoms with Gasteiger partial charge >= 0.3 is 6.18 Å². The van der Waals surface area contributed by atoms with E-state index in [1.807, 2.05) is 0 Å². The summed E-state index contributed by atoms with van der Waals surface area (Å²) in [6.45, 7) is -0.429. The van der Waals surface area contributed by atoms with Gasteiger partial charge in [0.05, 0.1) is 0 Å². The molecule has 2 nitrogen and oxygen atoms in total. The van der Waals surface area contributed by atoms with Crippen LogP contribution in [0.25, 0.3) is 0 Å². The number of aromatic nitrogens is 1. The quantitative estimate of drug-likeness (QED) is 0.552. The fraction of sp³-hybridized carbons (Fsp3) is 0.222. The Bertz CT molecular complexity index is 420. The molecule has 0 spiro atoms. The molecule has 0 bridgehead atoms. The predicted molar refractivity (Wildman–Crippen MR) is 48.2 cm³/mol. The van der Waals surface area contributed by atoms with Crippen molar-refractivity contribution in [2.75, 3.05) is 6.61 Å². The number of halogens is 4. The lowest BCUT2D eigenvalue weighted by atomic mass is 10.2. The smallest absolute Gasteiger partial charge is 0.384 e. The van der Waals surface area contributed by atoms with Crippen LogP contribution < -0.4 is 0 Å². The largest absolute Gasteiger partial charge is 0.433 e. The number of hydrogen-bond donors (Lipinski definition) is 1. The number of rotatable bonds is 0. The monoisotopic (exact) mass is 235 g/mol. The number of alkyl halides is 3. The molecule has 1 rings (SSSR count). The summed E-state index contributed by atoms with van der Waals surface area (Å²) in [6, 6.07) is 1.97. The molecular weight excluding hydrogens is 231 g/mol. The molecule has 0 saturated carbocycles. The summed E-state index contributed by atoms with van der Waals surface area (Å²) in [5.74, 6) is 4.55. The Morgan fingerprint density at radius 3 is 2.60 bits per heavy atom. The lowest BCUT2D eigenvalue weighted by Gasteiger charge is -2.05. The molecule has 0 aromatic carbocycles. The van der Waals surface area contributed by atoms with Crippen molar-refractivity contribution in [1.82, 2.24) is 4.98 Å². The first-order valence-electron chi connectivity index (χ1n) is 3.78.